The summed E-state index contributed by atoms with van der Waals surface area (Å²) in [4.78, 5) is 8.13. The number of imidazole rings is 1. The zero-order chi connectivity index (χ0) is 9.26. The van der Waals surface area contributed by atoms with Gasteiger partial charge in [-0.25, -0.2) is 9.97 Å². The first-order valence-corrected chi connectivity index (χ1v) is 4.26. The van der Waals surface area contributed by atoms with Crippen molar-refractivity contribution in [2.45, 2.75) is 6.92 Å². The number of hydrogen-bond acceptors (Lipinski definition) is 2. The third-order valence-corrected chi connectivity index (χ3v) is 2.17. The van der Waals surface area contributed by atoms with Gasteiger partial charge in [0.1, 0.15) is 17.3 Å². The predicted octanol–water partition coefficient (Wildman–Crippen LogP) is 2.23. The molecule has 2 aromatic heterocycles. The molecule has 0 fully saturated rings. The first kappa shape index (κ1) is 8.26. The van der Waals surface area contributed by atoms with Crippen LogP contribution in [0.15, 0.2) is 30.9 Å². The summed E-state index contributed by atoms with van der Waals surface area (Å²) < 4.78 is 1.81. The highest BCUT2D eigenvalue weighted by molar-refractivity contribution is 6.30. The van der Waals surface area contributed by atoms with Gasteiger partial charge >= 0.3 is 0 Å². The van der Waals surface area contributed by atoms with Crippen molar-refractivity contribution in [3.63, 3.8) is 0 Å². The molecule has 0 saturated carbocycles. The van der Waals surface area contributed by atoms with Crippen LogP contribution < -0.4 is 0 Å². The number of nitrogens with zero attached hydrogens (tertiary/aromatic N) is 3. The second kappa shape index (κ2) is 3.18. The standard InChI is InChI=1S/C9H8ClN3/c1-7-2-3-8(12-9(7)10)13-5-4-11-6-13/h2-6H,1H3. The van der Waals surface area contributed by atoms with Crippen molar-refractivity contribution in [2.24, 2.45) is 0 Å². The van der Waals surface area contributed by atoms with Crippen LogP contribution in [0, 0.1) is 6.92 Å². The van der Waals surface area contributed by atoms with Crippen LogP contribution in [0.3, 0.4) is 0 Å². The molecule has 0 aliphatic rings. The monoisotopic (exact) mass is 193 g/mol. The Morgan fingerprint density at radius 2 is 2.23 bits per heavy atom. The molecule has 0 radical (unpaired) electrons. The lowest BCUT2D eigenvalue weighted by atomic mass is 10.3. The summed E-state index contributed by atoms with van der Waals surface area (Å²) in [7, 11) is 0. The maximum absolute atomic E-state index is 5.89. The van der Waals surface area contributed by atoms with Gasteiger partial charge in [-0.05, 0) is 18.6 Å². The summed E-state index contributed by atoms with van der Waals surface area (Å²) in [6, 6.07) is 3.84. The van der Waals surface area contributed by atoms with E-state index in [2.05, 4.69) is 9.97 Å². The molecule has 2 heterocycles. The van der Waals surface area contributed by atoms with Crippen LogP contribution in [0.25, 0.3) is 5.82 Å². The number of aryl methyl sites for hydroxylation is 1. The van der Waals surface area contributed by atoms with Gasteiger partial charge in [-0.3, -0.25) is 4.57 Å². The van der Waals surface area contributed by atoms with Crippen LogP contribution in [0.4, 0.5) is 0 Å². The van der Waals surface area contributed by atoms with Gasteiger partial charge in [0, 0.05) is 12.4 Å². The van der Waals surface area contributed by atoms with Crippen LogP contribution in [-0.2, 0) is 0 Å². The van der Waals surface area contributed by atoms with Gasteiger partial charge in [0.25, 0.3) is 0 Å². The minimum absolute atomic E-state index is 0.534. The van der Waals surface area contributed by atoms with Crippen molar-refractivity contribution in [2.75, 3.05) is 0 Å². The molecule has 0 N–H and O–H groups in total. The average molecular weight is 194 g/mol. The molecule has 13 heavy (non-hydrogen) atoms. The van der Waals surface area contributed by atoms with Crippen LogP contribution in [0.2, 0.25) is 5.15 Å². The lowest BCUT2D eigenvalue weighted by Gasteiger charge is -2.02. The van der Waals surface area contributed by atoms with E-state index in [0.717, 1.165) is 11.4 Å². The fourth-order valence-corrected chi connectivity index (χ4v) is 1.18. The third kappa shape index (κ3) is 1.55. The molecule has 0 atom stereocenters. The Balaban J connectivity index is 2.49. The Hall–Kier alpha value is -1.35. The number of aromatic nitrogens is 3. The van der Waals surface area contributed by atoms with E-state index >= 15 is 0 Å². The highest BCUT2D eigenvalue weighted by Gasteiger charge is 2.00. The molecule has 0 aliphatic carbocycles. The van der Waals surface area contributed by atoms with E-state index < -0.39 is 0 Å². The molecule has 4 heteroatoms. The molecule has 0 amide bonds. The van der Waals surface area contributed by atoms with Crippen LogP contribution >= 0.6 is 11.6 Å². The zero-order valence-corrected chi connectivity index (χ0v) is 7.86. The minimum atomic E-state index is 0.534. The molecule has 3 nitrogen and oxygen atoms in total. The fourth-order valence-electron chi connectivity index (χ4n) is 1.03. The lowest BCUT2D eigenvalue weighted by molar-refractivity contribution is 0.988. The van der Waals surface area contributed by atoms with Crippen LogP contribution in [-0.4, -0.2) is 14.5 Å². The summed E-state index contributed by atoms with van der Waals surface area (Å²) in [5, 5.41) is 0.534. The van der Waals surface area contributed by atoms with Gasteiger partial charge in [0.2, 0.25) is 0 Å². The largest absolute Gasteiger partial charge is 0.290 e. The lowest BCUT2D eigenvalue weighted by Crippen LogP contribution is -1.94. The molecule has 2 aromatic rings. The Morgan fingerprint density at radius 1 is 1.38 bits per heavy atom. The van der Waals surface area contributed by atoms with Crippen molar-refractivity contribution in [3.8, 4) is 5.82 Å². The maximum atomic E-state index is 5.89. The third-order valence-electron chi connectivity index (χ3n) is 1.79. The summed E-state index contributed by atoms with van der Waals surface area (Å²) in [5.41, 5.74) is 0.977. The van der Waals surface area contributed by atoms with Gasteiger partial charge in [0.15, 0.2) is 0 Å². The molecule has 2 rings (SSSR count). The maximum Gasteiger partial charge on any atom is 0.139 e. The second-order valence-electron chi connectivity index (χ2n) is 2.75. The average Bonchev–Trinajstić information content (AvgIpc) is 2.62. The van der Waals surface area contributed by atoms with Crippen molar-refractivity contribution in [1.82, 2.24) is 14.5 Å². The number of pyridine rings is 1. The van der Waals surface area contributed by atoms with Gasteiger partial charge in [-0.1, -0.05) is 17.7 Å². The molecular weight excluding hydrogens is 186 g/mol. The Morgan fingerprint density at radius 3 is 2.85 bits per heavy atom. The zero-order valence-electron chi connectivity index (χ0n) is 7.11. The molecule has 0 saturated heterocycles. The van der Waals surface area contributed by atoms with E-state index in [1.807, 2.05) is 29.8 Å². The summed E-state index contributed by atoms with van der Waals surface area (Å²) in [5.74, 6) is 0.785. The summed E-state index contributed by atoms with van der Waals surface area (Å²) in [6.07, 6.45) is 5.22. The van der Waals surface area contributed by atoms with Gasteiger partial charge in [0.05, 0.1) is 0 Å². The SMILES string of the molecule is Cc1ccc(-n2ccnc2)nc1Cl. The van der Waals surface area contributed by atoms with Gasteiger partial charge in [-0.15, -0.1) is 0 Å². The van der Waals surface area contributed by atoms with E-state index in [1.165, 1.54) is 0 Å². The normalized spacial score (nSPS) is 10.3. The highest BCUT2D eigenvalue weighted by atomic mass is 35.5. The summed E-state index contributed by atoms with van der Waals surface area (Å²) >= 11 is 5.89. The molecule has 0 aliphatic heterocycles. The molecule has 0 spiro atoms. The topological polar surface area (TPSA) is 30.7 Å². The van der Waals surface area contributed by atoms with Crippen molar-refractivity contribution in [1.29, 1.82) is 0 Å². The van der Waals surface area contributed by atoms with Crippen LogP contribution in [0.5, 0.6) is 0 Å². The quantitative estimate of drug-likeness (QED) is 0.651. The van der Waals surface area contributed by atoms with E-state index in [-0.39, 0.29) is 0 Å². The second-order valence-corrected chi connectivity index (χ2v) is 3.11. The first-order valence-electron chi connectivity index (χ1n) is 3.89. The molecule has 0 aromatic carbocycles. The summed E-state index contributed by atoms with van der Waals surface area (Å²) in [6.45, 7) is 1.92. The van der Waals surface area contributed by atoms with E-state index in [4.69, 9.17) is 11.6 Å². The molecule has 0 unspecified atom stereocenters. The smallest absolute Gasteiger partial charge is 0.139 e. The predicted molar refractivity (Wildman–Crippen MR) is 51.1 cm³/mol. The number of hydrogen-bond donors (Lipinski definition) is 0. The Labute approximate surface area is 81.0 Å². The Kier molecular flexibility index (Phi) is 2.02. The van der Waals surface area contributed by atoms with Crippen molar-refractivity contribution >= 4 is 11.6 Å². The minimum Gasteiger partial charge on any atom is -0.290 e. The number of rotatable bonds is 1. The van der Waals surface area contributed by atoms with Gasteiger partial charge in [-0.2, -0.15) is 0 Å². The van der Waals surface area contributed by atoms with E-state index in [1.54, 1.807) is 12.5 Å². The molecular formula is C9H8ClN3. The Bertz CT molecular complexity index is 409. The van der Waals surface area contributed by atoms with Crippen LogP contribution in [0.1, 0.15) is 5.56 Å². The molecule has 66 valence electrons. The highest BCUT2D eigenvalue weighted by Crippen LogP contribution is 2.14. The fraction of sp³-hybridized carbons (Fsp3) is 0.111. The van der Waals surface area contributed by atoms with Crippen molar-refractivity contribution in [3.05, 3.63) is 41.6 Å². The van der Waals surface area contributed by atoms with Gasteiger partial charge < -0.3 is 0 Å². The first-order chi connectivity index (χ1) is 6.27. The van der Waals surface area contributed by atoms with E-state index in [9.17, 15) is 0 Å². The molecule has 0 bridgehead atoms. The van der Waals surface area contributed by atoms with Crippen molar-refractivity contribution < 1.29 is 0 Å². The van der Waals surface area contributed by atoms with E-state index in [0.29, 0.717) is 5.15 Å². The number of halogens is 1.